The minimum absolute atomic E-state index is 0.118. The van der Waals surface area contributed by atoms with E-state index in [0.29, 0.717) is 39.7 Å². The van der Waals surface area contributed by atoms with E-state index < -0.39 is 0 Å². The van der Waals surface area contributed by atoms with Gasteiger partial charge in [0.05, 0.1) is 11.3 Å². The van der Waals surface area contributed by atoms with Gasteiger partial charge in [-0.05, 0) is 43.3 Å². The molecule has 0 saturated heterocycles. The van der Waals surface area contributed by atoms with Crippen molar-refractivity contribution in [1.29, 1.82) is 5.41 Å². The van der Waals surface area contributed by atoms with Crippen molar-refractivity contribution in [2.45, 2.75) is 13.5 Å². The number of hydrogen-bond donors (Lipinski definition) is 4. The standard InChI is InChI=1S/C25H27ClN6O3/c1-3-32(19-8-10-30-11-9-19)21-7-6-18(26)13-20(21)25(34)31-14-17-5-4-16(24(27)28)12-22(17)35-15-23(33)29-2/h4-13H,3,14-15H2,1-2H3,(H3,27,28)(H,29,33)(H,31,34). The zero-order valence-electron chi connectivity index (χ0n) is 19.5. The number of hydrogen-bond acceptors (Lipinski definition) is 6. The molecule has 0 aliphatic rings. The molecule has 1 heterocycles. The maximum Gasteiger partial charge on any atom is 0.257 e. The van der Waals surface area contributed by atoms with Crippen LogP contribution in [-0.2, 0) is 11.3 Å². The van der Waals surface area contributed by atoms with E-state index in [0.717, 1.165) is 5.69 Å². The van der Waals surface area contributed by atoms with E-state index in [9.17, 15) is 9.59 Å². The van der Waals surface area contributed by atoms with Crippen LogP contribution in [0.15, 0.2) is 60.9 Å². The highest BCUT2D eigenvalue weighted by molar-refractivity contribution is 6.31. The number of amides is 2. The van der Waals surface area contributed by atoms with Crippen molar-refractivity contribution in [3.05, 3.63) is 82.6 Å². The van der Waals surface area contributed by atoms with E-state index in [1.165, 1.54) is 7.05 Å². The van der Waals surface area contributed by atoms with E-state index in [2.05, 4.69) is 15.6 Å². The molecule has 0 bridgehead atoms. The second-order valence-electron chi connectivity index (χ2n) is 7.49. The van der Waals surface area contributed by atoms with Gasteiger partial charge in [-0.1, -0.05) is 23.7 Å². The number of halogens is 1. The van der Waals surface area contributed by atoms with Gasteiger partial charge < -0.3 is 26.0 Å². The van der Waals surface area contributed by atoms with Crippen LogP contribution in [0.3, 0.4) is 0 Å². The number of nitrogens with one attached hydrogen (secondary N) is 3. The zero-order chi connectivity index (χ0) is 25.4. The fraction of sp³-hybridized carbons (Fsp3) is 0.200. The molecule has 0 radical (unpaired) electrons. The average molecular weight is 495 g/mol. The lowest BCUT2D eigenvalue weighted by molar-refractivity contribution is -0.122. The van der Waals surface area contributed by atoms with Gasteiger partial charge in [0.25, 0.3) is 11.8 Å². The number of pyridine rings is 1. The monoisotopic (exact) mass is 494 g/mol. The number of rotatable bonds is 10. The van der Waals surface area contributed by atoms with Crippen molar-refractivity contribution in [1.82, 2.24) is 15.6 Å². The van der Waals surface area contributed by atoms with Crippen molar-refractivity contribution in [2.75, 3.05) is 25.1 Å². The van der Waals surface area contributed by atoms with Crippen molar-refractivity contribution in [3.63, 3.8) is 0 Å². The van der Waals surface area contributed by atoms with Gasteiger partial charge in [-0.2, -0.15) is 0 Å². The first-order valence-corrected chi connectivity index (χ1v) is 11.3. The Labute approximate surface area is 208 Å². The number of benzene rings is 2. The SMILES string of the molecule is CCN(c1ccncc1)c1ccc(Cl)cc1C(=O)NCc1ccc(C(=N)N)cc1OCC(=O)NC. The second kappa shape index (κ2) is 11.8. The lowest BCUT2D eigenvalue weighted by Gasteiger charge is -2.25. The molecule has 0 aliphatic heterocycles. The highest BCUT2D eigenvalue weighted by Gasteiger charge is 2.19. The maximum absolute atomic E-state index is 13.3. The van der Waals surface area contributed by atoms with Crippen molar-refractivity contribution < 1.29 is 14.3 Å². The molecule has 182 valence electrons. The lowest BCUT2D eigenvalue weighted by Crippen LogP contribution is -2.28. The molecular weight excluding hydrogens is 468 g/mol. The molecule has 0 atom stereocenters. The quantitative estimate of drug-likeness (QED) is 0.252. The highest BCUT2D eigenvalue weighted by atomic mass is 35.5. The van der Waals surface area contributed by atoms with Crippen molar-refractivity contribution in [3.8, 4) is 5.75 Å². The number of nitrogens with two attached hydrogens (primary N) is 1. The fourth-order valence-electron chi connectivity index (χ4n) is 3.43. The van der Waals surface area contributed by atoms with Crippen LogP contribution in [-0.4, -0.2) is 42.8 Å². The molecule has 3 aromatic rings. The minimum atomic E-state index is -0.331. The molecule has 3 rings (SSSR count). The van der Waals surface area contributed by atoms with Crippen molar-refractivity contribution >= 4 is 40.6 Å². The average Bonchev–Trinajstić information content (AvgIpc) is 2.87. The Bertz CT molecular complexity index is 1220. The third-order valence-corrected chi connectivity index (χ3v) is 5.47. The molecule has 10 heteroatoms. The summed E-state index contributed by atoms with van der Waals surface area (Å²) in [6.07, 6.45) is 3.39. The fourth-order valence-corrected chi connectivity index (χ4v) is 3.60. The number of ether oxygens (including phenoxy) is 1. The molecular formula is C25H27ClN6O3. The summed E-state index contributed by atoms with van der Waals surface area (Å²) in [4.78, 5) is 31.0. The van der Waals surface area contributed by atoms with Gasteiger partial charge in [-0.15, -0.1) is 0 Å². The summed E-state index contributed by atoms with van der Waals surface area (Å²) in [5.74, 6) is -0.431. The number of nitrogens with zero attached hydrogens (tertiary/aromatic N) is 2. The summed E-state index contributed by atoms with van der Waals surface area (Å²) in [6, 6.07) is 13.8. The molecule has 2 aromatic carbocycles. The number of likely N-dealkylation sites (N-methyl/N-ethyl adjacent to an activating group) is 1. The number of carbonyl (C=O) groups excluding carboxylic acids is 2. The Morgan fingerprint density at radius 2 is 1.89 bits per heavy atom. The van der Waals surface area contributed by atoms with Gasteiger partial charge in [0, 0.05) is 54.4 Å². The number of anilines is 2. The maximum atomic E-state index is 13.3. The Hall–Kier alpha value is -4.11. The molecule has 35 heavy (non-hydrogen) atoms. The normalized spacial score (nSPS) is 10.4. The largest absolute Gasteiger partial charge is 0.483 e. The highest BCUT2D eigenvalue weighted by Crippen LogP contribution is 2.30. The summed E-state index contributed by atoms with van der Waals surface area (Å²) in [5, 5.41) is 13.5. The van der Waals surface area contributed by atoms with Crippen LogP contribution in [0.2, 0.25) is 5.02 Å². The Kier molecular flexibility index (Phi) is 8.63. The third-order valence-electron chi connectivity index (χ3n) is 5.24. The second-order valence-corrected chi connectivity index (χ2v) is 7.93. The molecule has 0 saturated carbocycles. The van der Waals surface area contributed by atoms with E-state index in [4.69, 9.17) is 27.5 Å². The van der Waals surface area contributed by atoms with Crippen LogP contribution in [0.5, 0.6) is 5.75 Å². The summed E-state index contributed by atoms with van der Waals surface area (Å²) in [7, 11) is 1.51. The molecule has 0 fully saturated rings. The van der Waals surface area contributed by atoms with E-state index in [1.807, 2.05) is 24.0 Å². The number of carbonyl (C=O) groups is 2. The van der Waals surface area contributed by atoms with Gasteiger partial charge in [0.1, 0.15) is 11.6 Å². The molecule has 0 aliphatic carbocycles. The molecule has 1 aromatic heterocycles. The molecule has 0 unspecified atom stereocenters. The molecule has 2 amide bonds. The third kappa shape index (κ3) is 6.48. The lowest BCUT2D eigenvalue weighted by atomic mass is 10.1. The van der Waals surface area contributed by atoms with Crippen LogP contribution in [0.4, 0.5) is 11.4 Å². The first-order valence-electron chi connectivity index (χ1n) is 10.9. The predicted molar refractivity (Wildman–Crippen MR) is 137 cm³/mol. The predicted octanol–water partition coefficient (Wildman–Crippen LogP) is 3.23. The zero-order valence-corrected chi connectivity index (χ0v) is 20.2. The van der Waals surface area contributed by atoms with E-state index in [1.54, 1.807) is 48.8 Å². The Morgan fingerprint density at radius 3 is 2.54 bits per heavy atom. The smallest absolute Gasteiger partial charge is 0.257 e. The Balaban J connectivity index is 1.86. The summed E-state index contributed by atoms with van der Waals surface area (Å²) >= 11 is 6.23. The number of amidine groups is 1. The van der Waals surface area contributed by atoms with Gasteiger partial charge in [0.15, 0.2) is 6.61 Å². The number of nitrogen functional groups attached to an aromatic ring is 1. The van der Waals surface area contributed by atoms with Gasteiger partial charge in [-0.3, -0.25) is 20.0 Å². The Morgan fingerprint density at radius 1 is 1.14 bits per heavy atom. The van der Waals surface area contributed by atoms with Crippen LogP contribution in [0, 0.1) is 5.41 Å². The van der Waals surface area contributed by atoms with Gasteiger partial charge >= 0.3 is 0 Å². The summed E-state index contributed by atoms with van der Waals surface area (Å²) in [5.41, 5.74) is 8.65. The van der Waals surface area contributed by atoms with E-state index >= 15 is 0 Å². The van der Waals surface area contributed by atoms with Crippen molar-refractivity contribution in [2.24, 2.45) is 5.73 Å². The minimum Gasteiger partial charge on any atom is -0.483 e. The molecule has 0 spiro atoms. The van der Waals surface area contributed by atoms with Crippen LogP contribution >= 0.6 is 11.6 Å². The first kappa shape index (κ1) is 25.5. The van der Waals surface area contributed by atoms with Crippen LogP contribution < -0.4 is 26.0 Å². The van der Waals surface area contributed by atoms with Gasteiger partial charge in [0.2, 0.25) is 0 Å². The number of aromatic nitrogens is 1. The summed E-state index contributed by atoms with van der Waals surface area (Å²) < 4.78 is 5.62. The van der Waals surface area contributed by atoms with Gasteiger partial charge in [-0.25, -0.2) is 0 Å². The van der Waals surface area contributed by atoms with E-state index in [-0.39, 0.29) is 30.8 Å². The topological polar surface area (TPSA) is 133 Å². The molecule has 5 N–H and O–H groups in total. The van der Waals surface area contributed by atoms with Crippen LogP contribution in [0.1, 0.15) is 28.4 Å². The van der Waals surface area contributed by atoms with Crippen LogP contribution in [0.25, 0.3) is 0 Å². The summed E-state index contributed by atoms with van der Waals surface area (Å²) in [6.45, 7) is 2.52. The molecule has 9 nitrogen and oxygen atoms in total. The first-order chi connectivity index (χ1) is 16.8.